The zero-order valence-corrected chi connectivity index (χ0v) is 12.6. The van der Waals surface area contributed by atoms with Crippen LogP contribution in [0.4, 0.5) is 5.69 Å². The molecular weight excluding hydrogens is 250 g/mol. The van der Waals surface area contributed by atoms with E-state index in [0.717, 1.165) is 18.2 Å². The summed E-state index contributed by atoms with van der Waals surface area (Å²) in [6.45, 7) is 2.31. The first kappa shape index (κ1) is 15.2. The lowest BCUT2D eigenvalue weighted by molar-refractivity contribution is 0.146. The van der Waals surface area contributed by atoms with Gasteiger partial charge in [0.15, 0.2) is 0 Å². The van der Waals surface area contributed by atoms with Crippen LogP contribution in [0.25, 0.3) is 0 Å². The fourth-order valence-electron chi connectivity index (χ4n) is 2.81. The summed E-state index contributed by atoms with van der Waals surface area (Å²) in [5, 5.41) is 3.51. The summed E-state index contributed by atoms with van der Waals surface area (Å²) in [5.74, 6) is 1.84. The van der Waals surface area contributed by atoms with Gasteiger partial charge < -0.3 is 14.8 Å². The zero-order valence-electron chi connectivity index (χ0n) is 12.6. The highest BCUT2D eigenvalue weighted by atomic mass is 16.5. The van der Waals surface area contributed by atoms with Gasteiger partial charge in [-0.25, -0.2) is 0 Å². The average molecular weight is 277 g/mol. The van der Waals surface area contributed by atoms with Crippen molar-refractivity contribution < 1.29 is 9.47 Å². The fourth-order valence-corrected chi connectivity index (χ4v) is 2.81. The lowest BCUT2D eigenvalue weighted by Crippen LogP contribution is -2.12. The Bertz CT molecular complexity index is 358. The molecule has 1 fully saturated rings. The second kappa shape index (κ2) is 8.85. The van der Waals surface area contributed by atoms with E-state index in [1.54, 1.807) is 7.11 Å². The van der Waals surface area contributed by atoms with Crippen LogP contribution in [0.5, 0.6) is 5.75 Å². The fraction of sp³-hybridized carbons (Fsp3) is 0.647. The number of ether oxygens (including phenoxy) is 2. The maximum atomic E-state index is 5.55. The van der Waals surface area contributed by atoms with Crippen molar-refractivity contribution in [3.63, 3.8) is 0 Å². The van der Waals surface area contributed by atoms with Crippen LogP contribution in [0.3, 0.4) is 0 Å². The lowest BCUT2D eigenvalue weighted by Gasteiger charge is -2.21. The molecule has 0 aromatic heterocycles. The molecule has 0 heterocycles. The molecule has 0 atom stereocenters. The van der Waals surface area contributed by atoms with Crippen molar-refractivity contribution in [3.8, 4) is 5.75 Å². The first-order valence-corrected chi connectivity index (χ1v) is 7.84. The molecule has 0 saturated heterocycles. The minimum Gasteiger partial charge on any atom is -0.491 e. The van der Waals surface area contributed by atoms with Crippen LogP contribution in [0, 0.1) is 5.92 Å². The molecule has 3 heteroatoms. The Morgan fingerprint density at radius 2 is 1.80 bits per heavy atom. The van der Waals surface area contributed by atoms with E-state index in [9.17, 15) is 0 Å². The second-order valence-electron chi connectivity index (χ2n) is 5.59. The summed E-state index contributed by atoms with van der Waals surface area (Å²) < 4.78 is 10.5. The van der Waals surface area contributed by atoms with E-state index >= 15 is 0 Å². The minimum absolute atomic E-state index is 0.602. The molecule has 3 nitrogen and oxygen atoms in total. The normalized spacial score (nSPS) is 16.1. The van der Waals surface area contributed by atoms with Gasteiger partial charge in [-0.05, 0) is 36.6 Å². The van der Waals surface area contributed by atoms with Crippen molar-refractivity contribution in [1.82, 2.24) is 0 Å². The molecule has 2 rings (SSSR count). The number of rotatable bonds is 8. The Morgan fingerprint density at radius 3 is 2.50 bits per heavy atom. The van der Waals surface area contributed by atoms with Crippen molar-refractivity contribution in [2.45, 2.75) is 38.5 Å². The SMILES string of the molecule is COCCOc1ccc(NCCC2CCCCC2)cc1. The van der Waals surface area contributed by atoms with E-state index in [4.69, 9.17) is 9.47 Å². The number of methoxy groups -OCH3 is 1. The van der Waals surface area contributed by atoms with Gasteiger partial charge in [0, 0.05) is 19.3 Å². The molecule has 0 unspecified atom stereocenters. The van der Waals surface area contributed by atoms with Crippen LogP contribution < -0.4 is 10.1 Å². The van der Waals surface area contributed by atoms with Crippen LogP contribution in [0.2, 0.25) is 0 Å². The second-order valence-corrected chi connectivity index (χ2v) is 5.59. The van der Waals surface area contributed by atoms with E-state index in [1.807, 2.05) is 12.1 Å². The highest BCUT2D eigenvalue weighted by Crippen LogP contribution is 2.26. The van der Waals surface area contributed by atoms with Crippen molar-refractivity contribution in [3.05, 3.63) is 24.3 Å². The third-order valence-corrected chi connectivity index (χ3v) is 4.02. The van der Waals surface area contributed by atoms with Gasteiger partial charge >= 0.3 is 0 Å². The van der Waals surface area contributed by atoms with Gasteiger partial charge in [0.1, 0.15) is 12.4 Å². The molecule has 0 radical (unpaired) electrons. The molecule has 1 saturated carbocycles. The van der Waals surface area contributed by atoms with Crippen LogP contribution in [0.1, 0.15) is 38.5 Å². The van der Waals surface area contributed by atoms with Gasteiger partial charge in [0.25, 0.3) is 0 Å². The van der Waals surface area contributed by atoms with E-state index in [1.165, 1.54) is 44.2 Å². The van der Waals surface area contributed by atoms with Crippen molar-refractivity contribution >= 4 is 5.69 Å². The Labute approximate surface area is 122 Å². The van der Waals surface area contributed by atoms with Crippen LogP contribution in [-0.2, 0) is 4.74 Å². The molecule has 0 spiro atoms. The number of nitrogens with one attached hydrogen (secondary N) is 1. The standard InChI is InChI=1S/C17H27NO2/c1-19-13-14-20-17-9-7-16(8-10-17)18-12-11-15-5-3-2-4-6-15/h7-10,15,18H,2-6,11-14H2,1H3. The molecule has 1 N–H and O–H groups in total. The van der Waals surface area contributed by atoms with Crippen LogP contribution in [0.15, 0.2) is 24.3 Å². The summed E-state index contributed by atoms with van der Waals surface area (Å²) in [7, 11) is 1.68. The molecule has 1 aliphatic carbocycles. The first-order valence-electron chi connectivity index (χ1n) is 7.84. The number of benzene rings is 1. The van der Waals surface area contributed by atoms with Gasteiger partial charge in [0.2, 0.25) is 0 Å². The van der Waals surface area contributed by atoms with Crippen molar-refractivity contribution in [2.24, 2.45) is 5.92 Å². The predicted molar refractivity (Wildman–Crippen MR) is 83.5 cm³/mol. The predicted octanol–water partition coefficient (Wildman–Crippen LogP) is 4.09. The molecule has 0 bridgehead atoms. The molecular formula is C17H27NO2. The topological polar surface area (TPSA) is 30.5 Å². The van der Waals surface area contributed by atoms with E-state index in [2.05, 4.69) is 17.4 Å². The zero-order chi connectivity index (χ0) is 14.0. The van der Waals surface area contributed by atoms with Crippen LogP contribution in [-0.4, -0.2) is 26.9 Å². The molecule has 1 aromatic carbocycles. The Hall–Kier alpha value is -1.22. The van der Waals surface area contributed by atoms with Crippen molar-refractivity contribution in [1.29, 1.82) is 0 Å². The van der Waals surface area contributed by atoms with Crippen molar-refractivity contribution in [2.75, 3.05) is 32.2 Å². The third-order valence-electron chi connectivity index (χ3n) is 4.02. The monoisotopic (exact) mass is 277 g/mol. The van der Waals surface area contributed by atoms with Gasteiger partial charge in [-0.15, -0.1) is 0 Å². The first-order chi connectivity index (χ1) is 9.88. The maximum Gasteiger partial charge on any atom is 0.119 e. The number of hydrogen-bond donors (Lipinski definition) is 1. The molecule has 1 aliphatic rings. The summed E-state index contributed by atoms with van der Waals surface area (Å²) in [6.07, 6.45) is 8.44. The smallest absolute Gasteiger partial charge is 0.119 e. The highest BCUT2D eigenvalue weighted by Gasteiger charge is 2.12. The van der Waals surface area contributed by atoms with Gasteiger partial charge in [-0.3, -0.25) is 0 Å². The van der Waals surface area contributed by atoms with E-state index < -0.39 is 0 Å². The lowest BCUT2D eigenvalue weighted by atomic mass is 9.87. The summed E-state index contributed by atoms with van der Waals surface area (Å²) in [6, 6.07) is 8.20. The molecule has 0 amide bonds. The van der Waals surface area contributed by atoms with Gasteiger partial charge in [-0.1, -0.05) is 32.1 Å². The summed E-state index contributed by atoms with van der Waals surface area (Å²) >= 11 is 0. The average Bonchev–Trinajstić information content (AvgIpc) is 2.50. The van der Waals surface area contributed by atoms with Gasteiger partial charge in [-0.2, -0.15) is 0 Å². The number of anilines is 1. The molecule has 112 valence electrons. The number of hydrogen-bond acceptors (Lipinski definition) is 3. The quantitative estimate of drug-likeness (QED) is 0.726. The Balaban J connectivity index is 1.65. The molecule has 0 aliphatic heterocycles. The largest absolute Gasteiger partial charge is 0.491 e. The molecule has 20 heavy (non-hydrogen) atoms. The molecule has 1 aromatic rings. The summed E-state index contributed by atoms with van der Waals surface area (Å²) in [5.41, 5.74) is 1.18. The van der Waals surface area contributed by atoms with Gasteiger partial charge in [0.05, 0.1) is 6.61 Å². The summed E-state index contributed by atoms with van der Waals surface area (Å²) in [4.78, 5) is 0. The highest BCUT2D eigenvalue weighted by molar-refractivity contribution is 5.46. The van der Waals surface area contributed by atoms with Crippen LogP contribution >= 0.6 is 0 Å². The minimum atomic E-state index is 0.602. The maximum absolute atomic E-state index is 5.55. The van der Waals surface area contributed by atoms with E-state index in [-0.39, 0.29) is 0 Å². The Kier molecular flexibility index (Phi) is 6.72. The Morgan fingerprint density at radius 1 is 1.05 bits per heavy atom. The van der Waals surface area contributed by atoms with E-state index in [0.29, 0.717) is 13.2 Å². The third kappa shape index (κ3) is 5.41.